The Hall–Kier alpha value is -10.4. The molecule has 0 aromatic heterocycles. The lowest BCUT2D eigenvalue weighted by molar-refractivity contribution is 0.660. The van der Waals surface area contributed by atoms with Crippen LogP contribution in [0.15, 0.2) is 255 Å². The number of hydrogen-bond donors (Lipinski definition) is 0. The lowest BCUT2D eigenvalue weighted by atomic mass is 9.79. The van der Waals surface area contributed by atoms with E-state index >= 15 is 0 Å². The van der Waals surface area contributed by atoms with E-state index in [9.17, 15) is 0 Å². The molecule has 0 nitrogen and oxygen atoms in total. The highest BCUT2D eigenvalue weighted by Gasteiger charge is 2.40. The average molecular weight is 1200 g/mol. The van der Waals surface area contributed by atoms with Gasteiger partial charge in [0.05, 0.1) is 0 Å². The first kappa shape index (κ1) is 55.3. The molecule has 0 bridgehead atoms. The van der Waals surface area contributed by atoms with Crippen LogP contribution < -0.4 is 0 Å². The predicted octanol–water partition coefficient (Wildman–Crippen LogP) is 26.1. The molecule has 4 aliphatic rings. The molecule has 0 radical (unpaired) electrons. The van der Waals surface area contributed by atoms with Crippen molar-refractivity contribution in [1.82, 2.24) is 0 Å². The predicted molar refractivity (Wildman–Crippen MR) is 403 cm³/mol. The van der Waals surface area contributed by atoms with Crippen molar-refractivity contribution >= 4 is 64.6 Å². The molecule has 0 saturated heterocycles. The summed E-state index contributed by atoms with van der Waals surface area (Å²) in [6.07, 6.45) is 0. The first-order chi connectivity index (χ1) is 45.6. The molecule has 20 rings (SSSR count). The Morgan fingerprint density at radius 1 is 0.170 bits per heavy atom. The van der Waals surface area contributed by atoms with Crippen molar-refractivity contribution in [3.8, 4) is 100 Å². The van der Waals surface area contributed by atoms with E-state index in [0.717, 1.165) is 0 Å². The van der Waals surface area contributed by atoms with Gasteiger partial charge in [0.2, 0.25) is 0 Å². The fourth-order valence-electron chi connectivity index (χ4n) is 18.8. The lowest BCUT2D eigenvalue weighted by Crippen LogP contribution is -2.14. The summed E-state index contributed by atoms with van der Waals surface area (Å²) in [5, 5.41) is 15.5. The Balaban J connectivity index is 0.00000311. The molecular formula is C94H72. The van der Waals surface area contributed by atoms with Crippen molar-refractivity contribution in [3.63, 3.8) is 0 Å². The van der Waals surface area contributed by atoms with E-state index in [-0.39, 0.29) is 21.7 Å². The van der Waals surface area contributed by atoms with Crippen LogP contribution in [0.25, 0.3) is 165 Å². The highest BCUT2D eigenvalue weighted by molar-refractivity contribution is 6.35. The highest BCUT2D eigenvalue weighted by atomic mass is 14.4. The second-order valence-electron chi connectivity index (χ2n) is 29.4. The van der Waals surface area contributed by atoms with Crippen LogP contribution in [0.3, 0.4) is 0 Å². The van der Waals surface area contributed by atoms with E-state index < -0.39 is 0 Å². The molecule has 0 fully saturated rings. The Morgan fingerprint density at radius 3 is 0.862 bits per heavy atom. The summed E-state index contributed by atoms with van der Waals surface area (Å²) in [5.41, 5.74) is 34.0. The lowest BCUT2D eigenvalue weighted by Gasteiger charge is -2.24. The van der Waals surface area contributed by atoms with Crippen LogP contribution in [0.5, 0.6) is 0 Å². The van der Waals surface area contributed by atoms with Crippen molar-refractivity contribution in [2.75, 3.05) is 0 Å². The molecular weight excluding hydrogens is 1130 g/mol. The maximum atomic E-state index is 2.57. The fourth-order valence-corrected chi connectivity index (χ4v) is 18.8. The van der Waals surface area contributed by atoms with Crippen molar-refractivity contribution < 1.29 is 0 Å². The zero-order valence-electron chi connectivity index (χ0n) is 55.2. The summed E-state index contributed by atoms with van der Waals surface area (Å²) < 4.78 is 0. The molecule has 0 saturated carbocycles. The Kier molecular flexibility index (Phi) is 11.2. The summed E-state index contributed by atoms with van der Waals surface area (Å²) >= 11 is 0. The van der Waals surface area contributed by atoms with E-state index in [4.69, 9.17) is 0 Å². The zero-order valence-corrected chi connectivity index (χ0v) is 55.2. The minimum absolute atomic E-state index is 0.0887. The van der Waals surface area contributed by atoms with Crippen LogP contribution in [0.1, 0.15) is 114 Å². The number of rotatable bonds is 5. The van der Waals surface area contributed by atoms with Gasteiger partial charge in [0.1, 0.15) is 0 Å². The maximum absolute atomic E-state index is 2.57. The van der Waals surface area contributed by atoms with E-state index in [1.165, 1.54) is 209 Å². The summed E-state index contributed by atoms with van der Waals surface area (Å²) in [5.74, 6) is 0. The molecule has 16 aromatic carbocycles. The van der Waals surface area contributed by atoms with Crippen LogP contribution in [0, 0.1) is 0 Å². The zero-order chi connectivity index (χ0) is 63.6. The Morgan fingerprint density at radius 2 is 0.468 bits per heavy atom. The second-order valence-corrected chi connectivity index (χ2v) is 29.4. The van der Waals surface area contributed by atoms with Gasteiger partial charge in [0, 0.05) is 21.7 Å². The smallest absolute Gasteiger partial charge is 0.0159 e. The van der Waals surface area contributed by atoms with Gasteiger partial charge in [0.25, 0.3) is 0 Å². The van der Waals surface area contributed by atoms with Gasteiger partial charge in [-0.15, -0.1) is 0 Å². The Labute approximate surface area is 551 Å². The fraction of sp³-hybridized carbons (Fsp3) is 0.149. The van der Waals surface area contributed by atoms with Crippen LogP contribution in [-0.4, -0.2) is 0 Å². The molecule has 0 unspecified atom stereocenters. The number of benzene rings is 16. The maximum Gasteiger partial charge on any atom is 0.0159 e. The SMILES string of the molecule is CC.CC1(C)c2ccccc2-c2cc(-c3ccc4c(-c5cc6cccc7c(-c8ccc9c(c8)C(C)(C)c8ccccc8-9)cc8c(-c9ccc%10c(c9)-c9ccccc9C%10(C)C)ccc5c8c67)cc5cccc6c(-c7ccc8c(c7)C(C)(C)c7ccccc7-8)cc3c4c56)ccc21. The molecule has 0 aliphatic heterocycles. The quantitative estimate of drug-likeness (QED) is 0.151. The van der Waals surface area contributed by atoms with Crippen molar-refractivity contribution in [2.45, 2.75) is 90.9 Å². The topological polar surface area (TPSA) is 0 Å². The Bertz CT molecular complexity index is 5620. The van der Waals surface area contributed by atoms with Gasteiger partial charge in [-0.3, -0.25) is 0 Å². The molecule has 94 heavy (non-hydrogen) atoms. The van der Waals surface area contributed by atoms with Crippen molar-refractivity contribution in [1.29, 1.82) is 0 Å². The molecule has 0 heterocycles. The minimum atomic E-state index is -0.131. The molecule has 4 aliphatic carbocycles. The molecule has 16 aromatic rings. The largest absolute Gasteiger partial charge is 0.0683 e. The monoisotopic (exact) mass is 1200 g/mol. The molecule has 0 amide bonds. The van der Waals surface area contributed by atoms with Crippen LogP contribution in [0.2, 0.25) is 0 Å². The minimum Gasteiger partial charge on any atom is -0.0683 e. The molecule has 0 heteroatoms. The first-order valence-corrected chi connectivity index (χ1v) is 34.1. The first-order valence-electron chi connectivity index (χ1n) is 34.1. The summed E-state index contributed by atoms with van der Waals surface area (Å²) in [7, 11) is 0. The van der Waals surface area contributed by atoms with Crippen LogP contribution in [0.4, 0.5) is 0 Å². The third-order valence-electron chi connectivity index (χ3n) is 23.4. The van der Waals surface area contributed by atoms with E-state index in [2.05, 4.69) is 310 Å². The second kappa shape index (κ2) is 19.1. The summed E-state index contributed by atoms with van der Waals surface area (Å²) in [4.78, 5) is 0. The van der Waals surface area contributed by atoms with Crippen LogP contribution >= 0.6 is 0 Å². The standard InChI is InChI=1S/C92H66.C2H6/c1-89(2)79-29-15-11-23-61(79)73-43-51(33-41-81(73)89)57-37-39-67-71(45-55-19-17-25-65-69(49-75(57)87(67)85(55)65)53-31-35-63-59-21-9-13-27-77(59)91(5,6)83(63)47-53)72-46-56-20-18-26-66-70(54-32-36-64-60-22-10-14-28-78(60)92(7,8)84(64)48-54)50-76-58(38-40-68(72)88(76)86(56)66)52-34-42-82-74(44-52)62-24-12-16-30-80(62)90(82,3)4;1-2/h9-50H,1-8H3;1-2H3. The average Bonchev–Trinajstić information content (AvgIpc) is 1.06. The van der Waals surface area contributed by atoms with Gasteiger partial charge in [-0.1, -0.05) is 275 Å². The molecule has 0 spiro atoms. The van der Waals surface area contributed by atoms with Crippen molar-refractivity contribution in [3.05, 3.63) is 299 Å². The summed E-state index contributed by atoms with van der Waals surface area (Å²) in [6, 6.07) is 99.7. The van der Waals surface area contributed by atoms with Crippen molar-refractivity contribution in [2.24, 2.45) is 0 Å². The number of fused-ring (bicyclic) bond motifs is 12. The van der Waals surface area contributed by atoms with Gasteiger partial charge in [-0.05, 0) is 258 Å². The molecule has 448 valence electrons. The van der Waals surface area contributed by atoms with Gasteiger partial charge in [0.15, 0.2) is 0 Å². The molecule has 0 N–H and O–H groups in total. The third kappa shape index (κ3) is 7.19. The van der Waals surface area contributed by atoms with E-state index in [1.54, 1.807) is 0 Å². The van der Waals surface area contributed by atoms with E-state index in [1.807, 2.05) is 13.8 Å². The van der Waals surface area contributed by atoms with Gasteiger partial charge >= 0.3 is 0 Å². The molecule has 0 atom stereocenters. The van der Waals surface area contributed by atoms with Gasteiger partial charge in [-0.2, -0.15) is 0 Å². The van der Waals surface area contributed by atoms with E-state index in [0.29, 0.717) is 0 Å². The highest BCUT2D eigenvalue weighted by Crippen LogP contribution is 2.58. The number of hydrogen-bond acceptors (Lipinski definition) is 0. The van der Waals surface area contributed by atoms with Gasteiger partial charge in [-0.25, -0.2) is 0 Å². The summed E-state index contributed by atoms with van der Waals surface area (Å²) in [6.45, 7) is 23.2. The van der Waals surface area contributed by atoms with Crippen LogP contribution in [-0.2, 0) is 21.7 Å². The third-order valence-corrected chi connectivity index (χ3v) is 23.4. The normalized spacial score (nSPS) is 15.3. The van der Waals surface area contributed by atoms with Gasteiger partial charge < -0.3 is 0 Å².